The summed E-state index contributed by atoms with van der Waals surface area (Å²) >= 11 is 0. The zero-order valence-electron chi connectivity index (χ0n) is 20.2. The van der Waals surface area contributed by atoms with E-state index in [0.717, 1.165) is 66.2 Å². The summed E-state index contributed by atoms with van der Waals surface area (Å²) in [5, 5.41) is 12.1. The number of aromatic nitrogens is 5. The number of ether oxygens (including phenoxy) is 2. The predicted octanol–water partition coefficient (Wildman–Crippen LogP) is 2.83. The highest BCUT2D eigenvalue weighted by Crippen LogP contribution is 2.28. The van der Waals surface area contributed by atoms with Gasteiger partial charge in [-0.1, -0.05) is 17.3 Å². The van der Waals surface area contributed by atoms with E-state index in [-0.39, 0.29) is 18.1 Å². The number of likely N-dealkylation sites (tertiary alicyclic amines) is 1. The molecular formula is C26H29N7O3. The van der Waals surface area contributed by atoms with Gasteiger partial charge < -0.3 is 19.8 Å². The van der Waals surface area contributed by atoms with Crippen molar-refractivity contribution in [1.29, 1.82) is 0 Å². The molecule has 0 saturated carbocycles. The molecule has 0 spiro atoms. The minimum Gasteiger partial charge on any atom is -0.497 e. The molecule has 2 aromatic carbocycles. The monoisotopic (exact) mass is 487 g/mol. The molecule has 36 heavy (non-hydrogen) atoms. The average Bonchev–Trinajstić information content (AvgIpc) is 3.56. The summed E-state index contributed by atoms with van der Waals surface area (Å²) < 4.78 is 13.4. The van der Waals surface area contributed by atoms with Crippen LogP contribution >= 0.6 is 0 Å². The van der Waals surface area contributed by atoms with Crippen LogP contribution in [0.3, 0.4) is 0 Å². The molecule has 186 valence electrons. The molecule has 2 aromatic heterocycles. The van der Waals surface area contributed by atoms with Gasteiger partial charge in [0.2, 0.25) is 0 Å². The summed E-state index contributed by atoms with van der Waals surface area (Å²) in [6, 6.07) is 13.7. The van der Waals surface area contributed by atoms with E-state index >= 15 is 0 Å². The molecule has 1 atom stereocenters. The molecule has 1 fully saturated rings. The summed E-state index contributed by atoms with van der Waals surface area (Å²) in [5.74, 6) is 0.790. The van der Waals surface area contributed by atoms with Crippen molar-refractivity contribution >= 4 is 16.9 Å². The number of nitrogens with zero attached hydrogens (tertiary/aromatic N) is 5. The van der Waals surface area contributed by atoms with Gasteiger partial charge in [0.1, 0.15) is 17.5 Å². The normalized spacial score (nSPS) is 18.8. The standard InChI is InChI=1S/C26H29N7O3/c1-35-20-5-2-17(3-6-20)25-14-33-24(15-36-25)23(30-31-33)13-32-10-8-19(9-11-32)29-26(34)18-4-7-21-22(12-18)28-16-27-21/h2-7,12,16,19,25H,8-11,13-15H2,1H3,(H,27,28)(H,29,34). The van der Waals surface area contributed by atoms with Crippen LogP contribution in [-0.4, -0.2) is 62.0 Å². The van der Waals surface area contributed by atoms with Gasteiger partial charge in [0.05, 0.1) is 43.3 Å². The minimum absolute atomic E-state index is 0.0408. The molecule has 1 amide bonds. The number of H-pyrrole nitrogens is 1. The first kappa shape index (κ1) is 22.7. The number of imidazole rings is 1. The van der Waals surface area contributed by atoms with Gasteiger partial charge in [0.25, 0.3) is 5.91 Å². The van der Waals surface area contributed by atoms with E-state index in [1.54, 1.807) is 13.4 Å². The van der Waals surface area contributed by atoms with E-state index in [0.29, 0.717) is 18.7 Å². The first-order chi connectivity index (χ1) is 17.7. The molecule has 0 radical (unpaired) electrons. The number of rotatable bonds is 6. The van der Waals surface area contributed by atoms with Crippen LogP contribution < -0.4 is 10.1 Å². The number of nitrogens with one attached hydrogen (secondary N) is 2. The lowest BCUT2D eigenvalue weighted by molar-refractivity contribution is -0.00218. The summed E-state index contributed by atoms with van der Waals surface area (Å²) in [6.45, 7) is 3.67. The van der Waals surface area contributed by atoms with Crippen molar-refractivity contribution in [3.8, 4) is 5.75 Å². The smallest absolute Gasteiger partial charge is 0.251 e. The number of carbonyl (C=O) groups is 1. The number of amides is 1. The van der Waals surface area contributed by atoms with Crippen molar-refractivity contribution in [1.82, 2.24) is 35.2 Å². The minimum atomic E-state index is -0.0497. The van der Waals surface area contributed by atoms with Gasteiger partial charge in [-0.25, -0.2) is 9.67 Å². The van der Waals surface area contributed by atoms with Crippen LogP contribution in [0.4, 0.5) is 0 Å². The zero-order chi connectivity index (χ0) is 24.5. The third-order valence-corrected chi connectivity index (χ3v) is 7.14. The highest BCUT2D eigenvalue weighted by Gasteiger charge is 2.27. The van der Waals surface area contributed by atoms with Crippen molar-refractivity contribution in [3.63, 3.8) is 0 Å². The Bertz CT molecular complexity index is 1360. The topological polar surface area (TPSA) is 110 Å². The number of hydrogen-bond acceptors (Lipinski definition) is 7. The summed E-state index contributed by atoms with van der Waals surface area (Å²) in [7, 11) is 1.66. The van der Waals surface area contributed by atoms with Crippen LogP contribution in [0.5, 0.6) is 5.75 Å². The maximum atomic E-state index is 12.7. The van der Waals surface area contributed by atoms with Gasteiger partial charge in [-0.05, 0) is 48.7 Å². The molecule has 0 aliphatic carbocycles. The Kier molecular flexibility index (Phi) is 6.12. The van der Waals surface area contributed by atoms with Crippen LogP contribution in [0.15, 0.2) is 48.8 Å². The highest BCUT2D eigenvalue weighted by molar-refractivity contribution is 5.97. The average molecular weight is 488 g/mol. The van der Waals surface area contributed by atoms with Gasteiger partial charge in [0, 0.05) is 31.2 Å². The van der Waals surface area contributed by atoms with Gasteiger partial charge in [0.15, 0.2) is 0 Å². The Morgan fingerprint density at radius 1 is 1.19 bits per heavy atom. The lowest BCUT2D eigenvalue weighted by atomic mass is 10.0. The molecule has 4 aromatic rings. The quantitative estimate of drug-likeness (QED) is 0.430. The maximum Gasteiger partial charge on any atom is 0.251 e. The van der Waals surface area contributed by atoms with E-state index in [4.69, 9.17) is 9.47 Å². The Labute approximate surface area is 208 Å². The van der Waals surface area contributed by atoms with E-state index < -0.39 is 0 Å². The molecule has 6 rings (SSSR count). The second-order valence-corrected chi connectivity index (χ2v) is 9.40. The first-order valence-corrected chi connectivity index (χ1v) is 12.3. The third kappa shape index (κ3) is 4.57. The second-order valence-electron chi connectivity index (χ2n) is 9.40. The van der Waals surface area contributed by atoms with Gasteiger partial charge in [-0.2, -0.15) is 0 Å². The van der Waals surface area contributed by atoms with Crippen LogP contribution in [0.25, 0.3) is 11.0 Å². The predicted molar refractivity (Wildman–Crippen MR) is 132 cm³/mol. The molecule has 10 nitrogen and oxygen atoms in total. The molecule has 1 unspecified atom stereocenters. The largest absolute Gasteiger partial charge is 0.497 e. The van der Waals surface area contributed by atoms with Crippen molar-refractivity contribution in [2.75, 3.05) is 20.2 Å². The number of piperidine rings is 1. The van der Waals surface area contributed by atoms with Gasteiger partial charge >= 0.3 is 0 Å². The SMILES string of the molecule is COc1ccc(C2Cn3nnc(CN4CCC(NC(=O)c5ccc6nc[nH]c6c5)CC4)c3CO2)cc1. The molecule has 2 aliphatic heterocycles. The Hall–Kier alpha value is -3.76. The van der Waals surface area contributed by atoms with Gasteiger partial charge in [-0.15, -0.1) is 5.10 Å². The number of aromatic amines is 1. The van der Waals surface area contributed by atoms with Crippen LogP contribution in [0, 0.1) is 0 Å². The fraction of sp³-hybridized carbons (Fsp3) is 0.385. The van der Waals surface area contributed by atoms with Crippen molar-refractivity contribution < 1.29 is 14.3 Å². The lowest BCUT2D eigenvalue weighted by Crippen LogP contribution is -2.44. The number of benzene rings is 2. The molecule has 4 heterocycles. The molecule has 0 bridgehead atoms. The van der Waals surface area contributed by atoms with E-state index in [1.807, 2.05) is 47.1 Å². The van der Waals surface area contributed by atoms with E-state index in [9.17, 15) is 4.79 Å². The molecule has 2 N–H and O–H groups in total. The number of methoxy groups -OCH3 is 1. The molecule has 2 aliphatic rings. The fourth-order valence-corrected chi connectivity index (χ4v) is 5.00. The third-order valence-electron chi connectivity index (χ3n) is 7.14. The number of fused-ring (bicyclic) bond motifs is 2. The highest BCUT2D eigenvalue weighted by atomic mass is 16.5. The van der Waals surface area contributed by atoms with Crippen molar-refractivity contribution in [2.24, 2.45) is 0 Å². The number of carbonyl (C=O) groups excluding carboxylic acids is 1. The first-order valence-electron chi connectivity index (χ1n) is 12.3. The molecular weight excluding hydrogens is 458 g/mol. The fourth-order valence-electron chi connectivity index (χ4n) is 5.00. The summed E-state index contributed by atoms with van der Waals surface area (Å²) in [4.78, 5) is 22.4. The lowest BCUT2D eigenvalue weighted by Gasteiger charge is -2.32. The molecule has 1 saturated heterocycles. The van der Waals surface area contributed by atoms with Gasteiger partial charge in [-0.3, -0.25) is 9.69 Å². The van der Waals surface area contributed by atoms with Crippen LogP contribution in [0.2, 0.25) is 0 Å². The maximum absolute atomic E-state index is 12.7. The Morgan fingerprint density at radius 2 is 2.03 bits per heavy atom. The van der Waals surface area contributed by atoms with Crippen LogP contribution in [0.1, 0.15) is 46.3 Å². The molecule has 10 heteroatoms. The second kappa shape index (κ2) is 9.71. The zero-order valence-corrected chi connectivity index (χ0v) is 20.2. The number of hydrogen-bond donors (Lipinski definition) is 2. The van der Waals surface area contributed by atoms with Crippen molar-refractivity contribution in [2.45, 2.75) is 44.7 Å². The Morgan fingerprint density at radius 3 is 2.83 bits per heavy atom. The summed E-state index contributed by atoms with van der Waals surface area (Å²) in [5.41, 5.74) is 5.50. The van der Waals surface area contributed by atoms with Crippen LogP contribution in [-0.2, 0) is 24.4 Å². The van der Waals surface area contributed by atoms with E-state index in [2.05, 4.69) is 30.5 Å². The van der Waals surface area contributed by atoms with E-state index in [1.165, 1.54) is 0 Å². The summed E-state index contributed by atoms with van der Waals surface area (Å²) in [6.07, 6.45) is 3.39. The van der Waals surface area contributed by atoms with Crippen molar-refractivity contribution in [3.05, 3.63) is 71.3 Å². The Balaban J connectivity index is 1.02.